The smallest absolute Gasteiger partial charge is 0.247 e. The van der Waals surface area contributed by atoms with Crippen LogP contribution >= 0.6 is 0 Å². The van der Waals surface area contributed by atoms with Gasteiger partial charge in [0.15, 0.2) is 0 Å². The number of ether oxygens (including phenoxy) is 1. The van der Waals surface area contributed by atoms with Crippen molar-refractivity contribution in [2.24, 2.45) is 0 Å². The molecule has 178 valence electrons. The molecule has 2 amide bonds. The zero-order chi connectivity index (χ0) is 24.7. The monoisotopic (exact) mass is 460 g/mol. The molecule has 7 heteroatoms. The number of aryl methyl sites for hydroxylation is 2. The number of hydrogen-bond donors (Lipinski definition) is 1. The molecule has 0 saturated heterocycles. The van der Waals surface area contributed by atoms with Crippen molar-refractivity contribution >= 4 is 23.6 Å². The van der Waals surface area contributed by atoms with Gasteiger partial charge in [0.05, 0.1) is 19.3 Å². The van der Waals surface area contributed by atoms with Gasteiger partial charge in [0.25, 0.3) is 0 Å². The summed E-state index contributed by atoms with van der Waals surface area (Å²) < 4.78 is 7.13. The molecule has 0 aliphatic rings. The van der Waals surface area contributed by atoms with Crippen LogP contribution in [0.1, 0.15) is 35.0 Å². The first-order valence-corrected chi connectivity index (χ1v) is 11.3. The average Bonchev–Trinajstić information content (AvgIpc) is 3.09. The molecule has 3 aromatic rings. The van der Waals surface area contributed by atoms with Crippen LogP contribution in [-0.4, -0.2) is 46.7 Å². The minimum atomic E-state index is -0.268. The molecule has 0 saturated carbocycles. The number of nitrogens with one attached hydrogen (secondary N) is 1. The van der Waals surface area contributed by atoms with Gasteiger partial charge < -0.3 is 15.0 Å². The van der Waals surface area contributed by atoms with E-state index < -0.39 is 0 Å². The van der Waals surface area contributed by atoms with Crippen LogP contribution in [0.5, 0.6) is 5.75 Å². The van der Waals surface area contributed by atoms with E-state index >= 15 is 0 Å². The van der Waals surface area contributed by atoms with Crippen LogP contribution < -0.4 is 10.1 Å². The molecule has 2 aromatic carbocycles. The van der Waals surface area contributed by atoms with E-state index in [-0.39, 0.29) is 18.4 Å². The lowest BCUT2D eigenvalue weighted by molar-refractivity contribution is -0.130. The van der Waals surface area contributed by atoms with Crippen molar-refractivity contribution in [2.45, 2.75) is 34.2 Å². The number of nitrogens with zero attached hydrogens (tertiary/aromatic N) is 3. The van der Waals surface area contributed by atoms with Gasteiger partial charge in [-0.1, -0.05) is 35.9 Å². The molecule has 0 unspecified atom stereocenters. The zero-order valence-corrected chi connectivity index (χ0v) is 20.5. The zero-order valence-electron chi connectivity index (χ0n) is 20.5. The van der Waals surface area contributed by atoms with Gasteiger partial charge in [0.2, 0.25) is 11.8 Å². The molecule has 0 bridgehead atoms. The molecule has 3 rings (SSSR count). The van der Waals surface area contributed by atoms with E-state index in [1.165, 1.54) is 22.1 Å². The van der Waals surface area contributed by atoms with E-state index in [4.69, 9.17) is 4.74 Å². The lowest BCUT2D eigenvalue weighted by Crippen LogP contribution is -2.36. The summed E-state index contributed by atoms with van der Waals surface area (Å²) in [5.74, 6) is 0.154. The molecule has 7 nitrogen and oxygen atoms in total. The van der Waals surface area contributed by atoms with Crippen LogP contribution in [0.4, 0.5) is 5.69 Å². The number of methoxy groups -OCH3 is 1. The summed E-state index contributed by atoms with van der Waals surface area (Å²) in [7, 11) is 1.57. The molecule has 34 heavy (non-hydrogen) atoms. The van der Waals surface area contributed by atoms with Gasteiger partial charge in [-0.05, 0) is 51.5 Å². The van der Waals surface area contributed by atoms with Gasteiger partial charge in [-0.15, -0.1) is 0 Å². The maximum Gasteiger partial charge on any atom is 0.247 e. The Morgan fingerprint density at radius 3 is 2.53 bits per heavy atom. The van der Waals surface area contributed by atoms with Gasteiger partial charge in [0, 0.05) is 35.6 Å². The van der Waals surface area contributed by atoms with Crippen LogP contribution in [0.2, 0.25) is 0 Å². The van der Waals surface area contributed by atoms with Crippen LogP contribution in [0.25, 0.3) is 6.08 Å². The van der Waals surface area contributed by atoms with Crippen molar-refractivity contribution in [2.75, 3.05) is 25.5 Å². The van der Waals surface area contributed by atoms with Gasteiger partial charge in [-0.3, -0.25) is 14.3 Å². The fourth-order valence-electron chi connectivity index (χ4n) is 3.65. The Morgan fingerprint density at radius 2 is 1.85 bits per heavy atom. The first kappa shape index (κ1) is 24.8. The normalized spacial score (nSPS) is 11.0. The number of carbonyl (C=O) groups is 2. The SMILES string of the molecule is CCN(CC(=O)Nc1cccc(OC)c1)C(=O)/C=C/c1c(C)nn(Cc2ccc(C)cc2)c1C. The van der Waals surface area contributed by atoms with E-state index in [1.807, 2.05) is 25.5 Å². The topological polar surface area (TPSA) is 76.5 Å². The number of likely N-dealkylation sites (N-methyl/N-ethyl adjacent to an activating group) is 1. The maximum absolute atomic E-state index is 12.8. The Morgan fingerprint density at radius 1 is 1.12 bits per heavy atom. The third kappa shape index (κ3) is 6.34. The Balaban J connectivity index is 1.65. The highest BCUT2D eigenvalue weighted by Gasteiger charge is 2.15. The average molecular weight is 461 g/mol. The third-order valence-electron chi connectivity index (χ3n) is 5.66. The Labute approximate surface area is 201 Å². The molecule has 1 aromatic heterocycles. The van der Waals surface area contributed by atoms with E-state index in [0.29, 0.717) is 24.5 Å². The fraction of sp³-hybridized carbons (Fsp3) is 0.296. The van der Waals surface area contributed by atoms with Crippen LogP contribution in [-0.2, 0) is 16.1 Å². The number of benzene rings is 2. The standard InChI is InChI=1S/C27H32N4O3/c1-6-30(18-26(32)28-23-8-7-9-24(16-23)34-5)27(33)15-14-25-20(3)29-31(21(25)4)17-22-12-10-19(2)11-13-22/h7-16H,6,17-18H2,1-5H3,(H,28,32)/b15-14+. The summed E-state index contributed by atoms with van der Waals surface area (Å²) in [5, 5.41) is 7.45. The molecule has 0 aliphatic carbocycles. The van der Waals surface area contributed by atoms with Crippen LogP contribution in [0.15, 0.2) is 54.6 Å². The minimum Gasteiger partial charge on any atom is -0.497 e. The highest BCUT2D eigenvalue weighted by molar-refractivity contribution is 5.98. The Kier molecular flexibility index (Phi) is 8.24. The molecule has 0 atom stereocenters. The first-order chi connectivity index (χ1) is 16.3. The predicted octanol–water partition coefficient (Wildman–Crippen LogP) is 4.37. The lowest BCUT2D eigenvalue weighted by atomic mass is 10.1. The second kappa shape index (κ2) is 11.3. The van der Waals surface area contributed by atoms with Gasteiger partial charge >= 0.3 is 0 Å². The van der Waals surface area contributed by atoms with Crippen LogP contribution in [0, 0.1) is 20.8 Å². The summed E-state index contributed by atoms with van der Waals surface area (Å²) in [6.45, 7) is 8.89. The van der Waals surface area contributed by atoms with Crippen molar-refractivity contribution < 1.29 is 14.3 Å². The van der Waals surface area contributed by atoms with E-state index in [0.717, 1.165) is 17.0 Å². The maximum atomic E-state index is 12.8. The van der Waals surface area contributed by atoms with E-state index in [9.17, 15) is 9.59 Å². The number of aromatic nitrogens is 2. The molecule has 1 heterocycles. The summed E-state index contributed by atoms with van der Waals surface area (Å²) in [6, 6.07) is 15.5. The molecular weight excluding hydrogens is 428 g/mol. The van der Waals surface area contributed by atoms with Gasteiger partial charge in [-0.25, -0.2) is 0 Å². The van der Waals surface area contributed by atoms with Crippen molar-refractivity contribution in [1.29, 1.82) is 0 Å². The second-order valence-corrected chi connectivity index (χ2v) is 8.19. The number of amides is 2. The fourth-order valence-corrected chi connectivity index (χ4v) is 3.65. The lowest BCUT2D eigenvalue weighted by Gasteiger charge is -2.18. The minimum absolute atomic E-state index is 0.0401. The molecule has 1 N–H and O–H groups in total. The van der Waals surface area contributed by atoms with Crippen molar-refractivity contribution in [3.8, 4) is 5.75 Å². The van der Waals surface area contributed by atoms with E-state index in [1.54, 1.807) is 37.5 Å². The number of hydrogen-bond acceptors (Lipinski definition) is 4. The predicted molar refractivity (Wildman–Crippen MR) is 135 cm³/mol. The Hall–Kier alpha value is -3.87. The van der Waals surface area contributed by atoms with Gasteiger partial charge in [-0.2, -0.15) is 5.10 Å². The number of anilines is 1. The molecule has 0 fully saturated rings. The molecule has 0 aliphatic heterocycles. The summed E-state index contributed by atoms with van der Waals surface area (Å²) in [6.07, 6.45) is 3.30. The van der Waals surface area contributed by atoms with Gasteiger partial charge in [0.1, 0.15) is 12.3 Å². The summed E-state index contributed by atoms with van der Waals surface area (Å²) in [5.41, 5.74) is 5.76. The molecular formula is C27H32N4O3. The molecule has 0 radical (unpaired) electrons. The largest absolute Gasteiger partial charge is 0.497 e. The van der Waals surface area contributed by atoms with E-state index in [2.05, 4.69) is 41.6 Å². The van der Waals surface area contributed by atoms with Crippen molar-refractivity contribution in [1.82, 2.24) is 14.7 Å². The molecule has 0 spiro atoms. The summed E-state index contributed by atoms with van der Waals surface area (Å²) in [4.78, 5) is 26.8. The number of carbonyl (C=O) groups excluding carboxylic acids is 2. The number of rotatable bonds is 9. The first-order valence-electron chi connectivity index (χ1n) is 11.3. The highest BCUT2D eigenvalue weighted by atomic mass is 16.5. The second-order valence-electron chi connectivity index (χ2n) is 8.19. The third-order valence-corrected chi connectivity index (χ3v) is 5.66. The quantitative estimate of drug-likeness (QED) is 0.481. The van der Waals surface area contributed by atoms with Crippen molar-refractivity contribution in [3.63, 3.8) is 0 Å². The highest BCUT2D eigenvalue weighted by Crippen LogP contribution is 2.18. The van der Waals surface area contributed by atoms with Crippen molar-refractivity contribution in [3.05, 3.63) is 82.7 Å². The van der Waals surface area contributed by atoms with Crippen LogP contribution in [0.3, 0.4) is 0 Å². The Bertz CT molecular complexity index is 1180. The summed E-state index contributed by atoms with van der Waals surface area (Å²) >= 11 is 0.